The summed E-state index contributed by atoms with van der Waals surface area (Å²) in [6.07, 6.45) is 4.05. The van der Waals surface area contributed by atoms with Gasteiger partial charge in [-0.1, -0.05) is 6.07 Å². The fourth-order valence-corrected chi connectivity index (χ4v) is 4.83. The Hall–Kier alpha value is -2.38. The summed E-state index contributed by atoms with van der Waals surface area (Å²) in [6.45, 7) is 0.621. The minimum atomic E-state index is -0.171. The van der Waals surface area contributed by atoms with Gasteiger partial charge in [0, 0.05) is 28.3 Å². The second kappa shape index (κ2) is 7.93. The minimum absolute atomic E-state index is 0.0346. The number of rotatable bonds is 4. The predicted molar refractivity (Wildman–Crippen MR) is 112 cm³/mol. The van der Waals surface area contributed by atoms with E-state index < -0.39 is 0 Å². The molecule has 28 heavy (non-hydrogen) atoms. The first-order valence-corrected chi connectivity index (χ1v) is 10.5. The van der Waals surface area contributed by atoms with E-state index in [2.05, 4.69) is 27.0 Å². The maximum absolute atomic E-state index is 13.4. The van der Waals surface area contributed by atoms with Gasteiger partial charge in [0.15, 0.2) is 11.5 Å². The number of ether oxygens (including phenoxy) is 2. The van der Waals surface area contributed by atoms with Crippen LogP contribution in [-0.4, -0.2) is 36.6 Å². The van der Waals surface area contributed by atoms with Crippen molar-refractivity contribution in [1.82, 2.24) is 9.88 Å². The zero-order chi connectivity index (χ0) is 19.7. The summed E-state index contributed by atoms with van der Waals surface area (Å²) >= 11 is 5.05. The van der Waals surface area contributed by atoms with E-state index in [1.807, 2.05) is 34.5 Å². The van der Waals surface area contributed by atoms with Crippen LogP contribution in [0.2, 0.25) is 0 Å². The van der Waals surface area contributed by atoms with Gasteiger partial charge in [-0.15, -0.1) is 11.3 Å². The van der Waals surface area contributed by atoms with Crippen molar-refractivity contribution in [1.29, 1.82) is 0 Å². The van der Waals surface area contributed by atoms with Gasteiger partial charge >= 0.3 is 0 Å². The molecular weight excluding hydrogens is 440 g/mol. The topological polar surface area (TPSA) is 51.7 Å². The Bertz CT molecular complexity index is 1010. The first kappa shape index (κ1) is 19.0. The molecule has 7 heteroatoms. The molecule has 3 aromatic rings. The van der Waals surface area contributed by atoms with Crippen LogP contribution >= 0.6 is 27.3 Å². The highest BCUT2D eigenvalue weighted by atomic mass is 79.9. The second-order valence-electron chi connectivity index (χ2n) is 6.46. The Balaban J connectivity index is 1.82. The van der Waals surface area contributed by atoms with Gasteiger partial charge in [0.25, 0.3) is 5.91 Å². The number of hydrogen-bond donors (Lipinski definition) is 0. The number of pyridine rings is 1. The summed E-state index contributed by atoms with van der Waals surface area (Å²) in [5.74, 6) is 1.34. The van der Waals surface area contributed by atoms with E-state index in [1.165, 1.54) is 5.56 Å². The SMILES string of the molecule is COc1cc2c(cc1OC)[C@H](c1cccs1)N(C(=O)c1cncc(Br)c1)CC2. The maximum Gasteiger partial charge on any atom is 0.256 e. The van der Waals surface area contributed by atoms with E-state index in [0.29, 0.717) is 23.6 Å². The van der Waals surface area contributed by atoms with E-state index in [9.17, 15) is 4.79 Å². The lowest BCUT2D eigenvalue weighted by Gasteiger charge is -2.37. The average molecular weight is 459 g/mol. The molecule has 0 unspecified atom stereocenters. The first-order chi connectivity index (χ1) is 13.6. The summed E-state index contributed by atoms with van der Waals surface area (Å²) in [6, 6.07) is 9.74. The summed E-state index contributed by atoms with van der Waals surface area (Å²) in [7, 11) is 3.27. The number of methoxy groups -OCH3 is 2. The van der Waals surface area contributed by atoms with Gasteiger partial charge in [0.1, 0.15) is 0 Å². The largest absolute Gasteiger partial charge is 0.493 e. The third-order valence-electron chi connectivity index (χ3n) is 4.90. The molecule has 0 spiro atoms. The molecule has 0 aliphatic carbocycles. The highest BCUT2D eigenvalue weighted by Gasteiger charge is 2.34. The smallest absolute Gasteiger partial charge is 0.256 e. The molecule has 0 radical (unpaired) electrons. The van der Waals surface area contributed by atoms with E-state index in [1.54, 1.807) is 38.0 Å². The Morgan fingerprint density at radius 3 is 2.68 bits per heavy atom. The molecule has 0 saturated carbocycles. The molecule has 3 heterocycles. The molecule has 0 N–H and O–H groups in total. The number of benzene rings is 1. The molecule has 4 rings (SSSR count). The van der Waals surface area contributed by atoms with Crippen molar-refractivity contribution in [3.8, 4) is 11.5 Å². The van der Waals surface area contributed by atoms with Crippen molar-refractivity contribution >= 4 is 33.2 Å². The van der Waals surface area contributed by atoms with Crippen LogP contribution in [-0.2, 0) is 6.42 Å². The molecule has 2 aromatic heterocycles. The van der Waals surface area contributed by atoms with Crippen LogP contribution in [0.5, 0.6) is 11.5 Å². The molecule has 0 bridgehead atoms. The summed E-state index contributed by atoms with van der Waals surface area (Å²) in [5, 5.41) is 2.04. The van der Waals surface area contributed by atoms with E-state index in [-0.39, 0.29) is 11.9 Å². The summed E-state index contributed by atoms with van der Waals surface area (Å²) < 4.78 is 11.8. The number of hydrogen-bond acceptors (Lipinski definition) is 5. The first-order valence-electron chi connectivity index (χ1n) is 8.82. The van der Waals surface area contributed by atoms with Crippen LogP contribution in [0.15, 0.2) is 52.6 Å². The van der Waals surface area contributed by atoms with Crippen LogP contribution in [0.4, 0.5) is 0 Å². The van der Waals surface area contributed by atoms with E-state index >= 15 is 0 Å². The Morgan fingerprint density at radius 2 is 2.00 bits per heavy atom. The number of carbonyl (C=O) groups is 1. The van der Waals surface area contributed by atoms with Crippen molar-refractivity contribution in [2.45, 2.75) is 12.5 Å². The van der Waals surface area contributed by atoms with Crippen molar-refractivity contribution in [3.63, 3.8) is 0 Å². The van der Waals surface area contributed by atoms with Crippen molar-refractivity contribution in [2.24, 2.45) is 0 Å². The normalized spacial score (nSPS) is 15.8. The lowest BCUT2D eigenvalue weighted by Crippen LogP contribution is -2.40. The molecular formula is C21H19BrN2O3S. The zero-order valence-corrected chi connectivity index (χ0v) is 17.9. The Morgan fingerprint density at radius 1 is 1.21 bits per heavy atom. The Labute approximate surface area is 176 Å². The molecule has 1 aromatic carbocycles. The molecule has 1 aliphatic rings. The predicted octanol–water partition coefficient (Wildman–Crippen LogP) is 4.71. The fraction of sp³-hybridized carbons (Fsp3) is 0.238. The van der Waals surface area contributed by atoms with E-state index in [0.717, 1.165) is 21.3 Å². The van der Waals surface area contributed by atoms with Crippen molar-refractivity contribution < 1.29 is 14.3 Å². The third kappa shape index (κ3) is 3.40. The second-order valence-corrected chi connectivity index (χ2v) is 8.36. The molecule has 144 valence electrons. The van der Waals surface area contributed by atoms with Crippen LogP contribution in [0.1, 0.15) is 32.4 Å². The number of aromatic nitrogens is 1. The number of halogens is 1. The number of fused-ring (bicyclic) bond motifs is 1. The van der Waals surface area contributed by atoms with Crippen molar-refractivity contribution in [2.75, 3.05) is 20.8 Å². The van der Waals surface area contributed by atoms with Gasteiger partial charge in [-0.2, -0.15) is 0 Å². The lowest BCUT2D eigenvalue weighted by molar-refractivity contribution is 0.0696. The fourth-order valence-electron chi connectivity index (χ4n) is 3.61. The Kier molecular flexibility index (Phi) is 5.37. The number of amides is 1. The highest BCUT2D eigenvalue weighted by molar-refractivity contribution is 9.10. The zero-order valence-electron chi connectivity index (χ0n) is 15.5. The van der Waals surface area contributed by atoms with Crippen LogP contribution in [0.3, 0.4) is 0 Å². The van der Waals surface area contributed by atoms with Gasteiger partial charge in [0.05, 0.1) is 25.8 Å². The molecule has 1 aliphatic heterocycles. The summed E-state index contributed by atoms with van der Waals surface area (Å²) in [4.78, 5) is 20.5. The molecule has 1 atom stereocenters. The van der Waals surface area contributed by atoms with Gasteiger partial charge in [-0.25, -0.2) is 0 Å². The third-order valence-corrected chi connectivity index (χ3v) is 6.26. The molecule has 5 nitrogen and oxygen atoms in total. The van der Waals surface area contributed by atoms with Crippen LogP contribution in [0, 0.1) is 0 Å². The average Bonchev–Trinajstić information content (AvgIpc) is 3.25. The monoisotopic (exact) mass is 458 g/mol. The number of nitrogens with zero attached hydrogens (tertiary/aromatic N) is 2. The highest BCUT2D eigenvalue weighted by Crippen LogP contribution is 2.42. The molecule has 0 saturated heterocycles. The summed E-state index contributed by atoms with van der Waals surface area (Å²) in [5.41, 5.74) is 2.81. The number of thiophene rings is 1. The van der Waals surface area contributed by atoms with Crippen molar-refractivity contribution in [3.05, 3.63) is 74.1 Å². The molecule has 1 amide bonds. The van der Waals surface area contributed by atoms with Crippen LogP contribution in [0.25, 0.3) is 0 Å². The van der Waals surface area contributed by atoms with Crippen LogP contribution < -0.4 is 9.47 Å². The molecule has 0 fully saturated rings. The van der Waals surface area contributed by atoms with Gasteiger partial charge < -0.3 is 14.4 Å². The van der Waals surface area contributed by atoms with Gasteiger partial charge in [-0.05, 0) is 63.1 Å². The maximum atomic E-state index is 13.4. The lowest BCUT2D eigenvalue weighted by atomic mass is 9.90. The van der Waals surface area contributed by atoms with Gasteiger partial charge in [-0.3, -0.25) is 9.78 Å². The quantitative estimate of drug-likeness (QED) is 0.567. The number of carbonyl (C=O) groups excluding carboxylic acids is 1. The minimum Gasteiger partial charge on any atom is -0.493 e. The van der Waals surface area contributed by atoms with Gasteiger partial charge in [0.2, 0.25) is 0 Å². The standard InChI is InChI=1S/C21H19BrN2O3S/c1-26-17-9-13-5-6-24(21(25)14-8-15(22)12-23-11-14)20(19-4-3-7-28-19)16(13)10-18(17)27-2/h3-4,7-12,20H,5-6H2,1-2H3/t20-/m1/s1. The van der Waals surface area contributed by atoms with E-state index in [4.69, 9.17) is 9.47 Å².